The number of halogens is 1. The first kappa shape index (κ1) is 8.91. The minimum atomic E-state index is 0.635. The maximum absolute atomic E-state index is 6.03. The van der Waals surface area contributed by atoms with Crippen LogP contribution >= 0.6 is 11.6 Å². The first-order valence-corrected chi connectivity index (χ1v) is 4.75. The van der Waals surface area contributed by atoms with E-state index in [2.05, 4.69) is 21.9 Å². The van der Waals surface area contributed by atoms with Crippen molar-refractivity contribution in [3.05, 3.63) is 22.2 Å². The van der Waals surface area contributed by atoms with Gasteiger partial charge in [0.2, 0.25) is 0 Å². The lowest BCUT2D eigenvalue weighted by atomic mass is 10.1. The zero-order valence-electron chi connectivity index (χ0n) is 7.84. The molecule has 1 aromatic heterocycles. The zero-order chi connectivity index (χ0) is 9.42. The van der Waals surface area contributed by atoms with E-state index in [9.17, 15) is 0 Å². The molecular formula is C9H12ClN3. The van der Waals surface area contributed by atoms with E-state index >= 15 is 0 Å². The van der Waals surface area contributed by atoms with E-state index in [-0.39, 0.29) is 0 Å². The lowest BCUT2D eigenvalue weighted by Crippen LogP contribution is -2.28. The molecular weight excluding hydrogens is 186 g/mol. The van der Waals surface area contributed by atoms with Gasteiger partial charge in [-0.25, -0.2) is 9.97 Å². The molecule has 0 aliphatic carbocycles. The highest BCUT2D eigenvalue weighted by Gasteiger charge is 2.18. The summed E-state index contributed by atoms with van der Waals surface area (Å²) in [5.74, 6) is 0.763. The normalized spacial score (nSPS) is 17.2. The Kier molecular flexibility index (Phi) is 2.22. The van der Waals surface area contributed by atoms with E-state index in [1.165, 1.54) is 0 Å². The van der Waals surface area contributed by atoms with Crippen LogP contribution in [-0.2, 0) is 13.0 Å². The van der Waals surface area contributed by atoms with Gasteiger partial charge < -0.3 is 4.90 Å². The molecule has 70 valence electrons. The molecule has 0 saturated heterocycles. The van der Waals surface area contributed by atoms with Gasteiger partial charge in [0.05, 0.1) is 5.69 Å². The molecule has 4 heteroatoms. The quantitative estimate of drug-likeness (QED) is 0.590. The average Bonchev–Trinajstić information content (AvgIpc) is 2.02. The van der Waals surface area contributed by atoms with Crippen molar-refractivity contribution in [1.29, 1.82) is 0 Å². The first-order chi connectivity index (χ1) is 6.16. The summed E-state index contributed by atoms with van der Waals surface area (Å²) in [6, 6.07) is 0. The molecule has 0 fully saturated rings. The number of fused-ring (bicyclic) bond motifs is 1. The highest BCUT2D eigenvalue weighted by Crippen LogP contribution is 2.22. The van der Waals surface area contributed by atoms with Gasteiger partial charge in [-0.2, -0.15) is 0 Å². The maximum atomic E-state index is 6.03. The molecule has 13 heavy (non-hydrogen) atoms. The van der Waals surface area contributed by atoms with Gasteiger partial charge in [0.25, 0.3) is 0 Å². The highest BCUT2D eigenvalue weighted by molar-refractivity contribution is 6.30. The maximum Gasteiger partial charge on any atom is 0.136 e. The van der Waals surface area contributed by atoms with Gasteiger partial charge in [0, 0.05) is 18.7 Å². The van der Waals surface area contributed by atoms with Crippen LogP contribution in [0.3, 0.4) is 0 Å². The van der Waals surface area contributed by atoms with Crippen molar-refractivity contribution in [1.82, 2.24) is 14.9 Å². The van der Waals surface area contributed by atoms with Crippen LogP contribution in [0.15, 0.2) is 0 Å². The minimum Gasteiger partial charge on any atom is -0.300 e. The Balaban J connectivity index is 2.47. The molecule has 0 radical (unpaired) electrons. The molecule has 0 N–H and O–H groups in total. The standard InChI is InChI=1S/C9H12ClN3/c1-6-11-8-5-13(2)4-3-7(8)9(10)12-6/h3-5H2,1-2H3. The van der Waals surface area contributed by atoms with Crippen LogP contribution < -0.4 is 0 Å². The molecule has 0 spiro atoms. The Labute approximate surface area is 82.8 Å². The number of rotatable bonds is 0. The molecule has 1 aliphatic heterocycles. The summed E-state index contributed by atoms with van der Waals surface area (Å²) in [6.07, 6.45) is 0.963. The third kappa shape index (κ3) is 1.67. The van der Waals surface area contributed by atoms with Crippen molar-refractivity contribution in [3.63, 3.8) is 0 Å². The number of aromatic nitrogens is 2. The first-order valence-electron chi connectivity index (χ1n) is 4.37. The van der Waals surface area contributed by atoms with Crippen LogP contribution in [0.5, 0.6) is 0 Å². The molecule has 2 heterocycles. The number of nitrogens with zero attached hydrogens (tertiary/aromatic N) is 3. The number of aryl methyl sites for hydroxylation is 1. The van der Waals surface area contributed by atoms with Crippen molar-refractivity contribution >= 4 is 11.6 Å². The monoisotopic (exact) mass is 197 g/mol. The SMILES string of the molecule is Cc1nc(Cl)c2c(n1)CN(C)CC2. The second kappa shape index (κ2) is 3.24. The predicted molar refractivity (Wildman–Crippen MR) is 51.8 cm³/mol. The molecule has 0 bridgehead atoms. The highest BCUT2D eigenvalue weighted by atomic mass is 35.5. The van der Waals surface area contributed by atoms with E-state index in [0.29, 0.717) is 5.15 Å². The molecule has 1 aliphatic rings. The van der Waals surface area contributed by atoms with Gasteiger partial charge in [-0.15, -0.1) is 0 Å². The summed E-state index contributed by atoms with van der Waals surface area (Å²) in [6.45, 7) is 3.80. The summed E-state index contributed by atoms with van der Waals surface area (Å²) >= 11 is 6.03. The van der Waals surface area contributed by atoms with Crippen LogP contribution in [-0.4, -0.2) is 28.5 Å². The van der Waals surface area contributed by atoms with Crippen LogP contribution in [0.4, 0.5) is 0 Å². The molecule has 0 unspecified atom stereocenters. The van der Waals surface area contributed by atoms with Crippen LogP contribution in [0.1, 0.15) is 17.1 Å². The predicted octanol–water partition coefficient (Wildman–Crippen LogP) is 1.43. The van der Waals surface area contributed by atoms with Gasteiger partial charge >= 0.3 is 0 Å². The molecule has 2 rings (SSSR count). The second-order valence-electron chi connectivity index (χ2n) is 3.47. The fourth-order valence-electron chi connectivity index (χ4n) is 1.63. The zero-order valence-corrected chi connectivity index (χ0v) is 8.60. The fourth-order valence-corrected chi connectivity index (χ4v) is 1.96. The summed E-state index contributed by atoms with van der Waals surface area (Å²) in [5.41, 5.74) is 2.22. The van der Waals surface area contributed by atoms with E-state index in [4.69, 9.17) is 11.6 Å². The van der Waals surface area contributed by atoms with E-state index < -0.39 is 0 Å². The molecule has 0 atom stereocenters. The van der Waals surface area contributed by atoms with Crippen LogP contribution in [0.2, 0.25) is 5.15 Å². The Bertz CT molecular complexity index is 338. The third-order valence-electron chi connectivity index (χ3n) is 2.32. The summed E-state index contributed by atoms with van der Waals surface area (Å²) in [4.78, 5) is 10.8. The van der Waals surface area contributed by atoms with Gasteiger partial charge in [-0.05, 0) is 20.4 Å². The summed E-state index contributed by atoms with van der Waals surface area (Å²) in [5, 5.41) is 0.635. The van der Waals surface area contributed by atoms with Crippen LogP contribution in [0, 0.1) is 6.92 Å². The van der Waals surface area contributed by atoms with Gasteiger partial charge in [0.1, 0.15) is 11.0 Å². The Morgan fingerprint density at radius 1 is 1.38 bits per heavy atom. The van der Waals surface area contributed by atoms with Gasteiger partial charge in [0.15, 0.2) is 0 Å². The lowest BCUT2D eigenvalue weighted by molar-refractivity contribution is 0.306. The topological polar surface area (TPSA) is 29.0 Å². The van der Waals surface area contributed by atoms with Crippen molar-refractivity contribution < 1.29 is 0 Å². The molecule has 1 aromatic rings. The summed E-state index contributed by atoms with van der Waals surface area (Å²) < 4.78 is 0. The van der Waals surface area contributed by atoms with Crippen LogP contribution in [0.25, 0.3) is 0 Å². The Morgan fingerprint density at radius 2 is 2.15 bits per heavy atom. The van der Waals surface area contributed by atoms with Gasteiger partial charge in [-0.1, -0.05) is 11.6 Å². The third-order valence-corrected chi connectivity index (χ3v) is 2.63. The van der Waals surface area contributed by atoms with Crippen molar-refractivity contribution in [2.45, 2.75) is 19.9 Å². The molecule has 0 aromatic carbocycles. The number of likely N-dealkylation sites (N-methyl/N-ethyl adjacent to an activating group) is 1. The minimum absolute atomic E-state index is 0.635. The Morgan fingerprint density at radius 3 is 2.92 bits per heavy atom. The van der Waals surface area contributed by atoms with Crippen molar-refractivity contribution in [3.8, 4) is 0 Å². The smallest absolute Gasteiger partial charge is 0.136 e. The molecule has 0 amide bonds. The number of hydrogen-bond donors (Lipinski definition) is 0. The van der Waals surface area contributed by atoms with Crippen molar-refractivity contribution in [2.75, 3.05) is 13.6 Å². The summed E-state index contributed by atoms with van der Waals surface area (Å²) in [7, 11) is 2.09. The largest absolute Gasteiger partial charge is 0.300 e. The van der Waals surface area contributed by atoms with Gasteiger partial charge in [-0.3, -0.25) is 0 Å². The Hall–Kier alpha value is -0.670. The van der Waals surface area contributed by atoms with E-state index in [1.54, 1.807) is 0 Å². The lowest BCUT2D eigenvalue weighted by Gasteiger charge is -2.24. The van der Waals surface area contributed by atoms with E-state index in [0.717, 1.165) is 36.6 Å². The fraction of sp³-hybridized carbons (Fsp3) is 0.556. The average molecular weight is 198 g/mol. The van der Waals surface area contributed by atoms with E-state index in [1.807, 2.05) is 6.92 Å². The second-order valence-corrected chi connectivity index (χ2v) is 3.83. The molecule has 0 saturated carbocycles. The van der Waals surface area contributed by atoms with Crippen molar-refractivity contribution in [2.24, 2.45) is 0 Å². The molecule has 3 nitrogen and oxygen atoms in total. The number of hydrogen-bond acceptors (Lipinski definition) is 3.